The molecule has 0 bridgehead atoms. The molecular weight excluding hydrogens is 210 g/mol. The van der Waals surface area contributed by atoms with Gasteiger partial charge in [-0.1, -0.05) is 6.08 Å². The monoisotopic (exact) mass is 227 g/mol. The van der Waals surface area contributed by atoms with Crippen LogP contribution in [0.4, 0.5) is 9.59 Å². The average molecular weight is 227 g/mol. The second-order valence-corrected chi connectivity index (χ2v) is 4.61. The third-order valence-electron chi connectivity index (χ3n) is 1.99. The summed E-state index contributed by atoms with van der Waals surface area (Å²) in [6, 6.07) is -0.306. The fraction of sp³-hybridized carbons (Fsp3) is 0.636. The summed E-state index contributed by atoms with van der Waals surface area (Å²) in [5, 5.41) is 0. The smallest absolute Gasteiger partial charge is 0.420 e. The molecule has 2 amide bonds. The quantitative estimate of drug-likeness (QED) is 0.679. The molecule has 0 saturated carbocycles. The first kappa shape index (κ1) is 12.5. The molecule has 90 valence electrons. The third-order valence-corrected chi connectivity index (χ3v) is 1.99. The maximum absolute atomic E-state index is 11.7. The molecule has 16 heavy (non-hydrogen) atoms. The molecule has 0 unspecified atom stereocenters. The van der Waals surface area contributed by atoms with Crippen LogP contribution in [0.3, 0.4) is 0 Å². The van der Waals surface area contributed by atoms with E-state index in [9.17, 15) is 9.59 Å². The van der Waals surface area contributed by atoms with E-state index in [2.05, 4.69) is 6.58 Å². The highest BCUT2D eigenvalue weighted by molar-refractivity contribution is 5.89. The lowest BCUT2D eigenvalue weighted by Crippen LogP contribution is -2.42. The van der Waals surface area contributed by atoms with Crippen molar-refractivity contribution in [3.05, 3.63) is 12.7 Å². The summed E-state index contributed by atoms with van der Waals surface area (Å²) in [7, 11) is 0. The first-order valence-electron chi connectivity index (χ1n) is 5.15. The zero-order valence-corrected chi connectivity index (χ0v) is 9.86. The van der Waals surface area contributed by atoms with Crippen LogP contribution in [-0.2, 0) is 9.47 Å². The maximum atomic E-state index is 11.7. The molecule has 0 N–H and O–H groups in total. The molecule has 0 spiro atoms. The van der Waals surface area contributed by atoms with Crippen molar-refractivity contribution in [2.75, 3.05) is 6.61 Å². The Morgan fingerprint density at radius 1 is 1.69 bits per heavy atom. The number of ether oxygens (including phenoxy) is 2. The topological polar surface area (TPSA) is 55.8 Å². The summed E-state index contributed by atoms with van der Waals surface area (Å²) in [6.45, 7) is 9.00. The van der Waals surface area contributed by atoms with E-state index in [0.717, 1.165) is 4.90 Å². The van der Waals surface area contributed by atoms with Crippen LogP contribution >= 0.6 is 0 Å². The molecule has 1 atom stereocenters. The van der Waals surface area contributed by atoms with Crippen LogP contribution in [-0.4, -0.2) is 35.3 Å². The van der Waals surface area contributed by atoms with Crippen molar-refractivity contribution in [3.63, 3.8) is 0 Å². The van der Waals surface area contributed by atoms with Gasteiger partial charge in [0.05, 0.1) is 6.04 Å². The minimum Gasteiger partial charge on any atom is -0.447 e. The van der Waals surface area contributed by atoms with Gasteiger partial charge in [-0.15, -0.1) is 6.58 Å². The fourth-order valence-corrected chi connectivity index (χ4v) is 1.36. The molecule has 1 heterocycles. The number of hydrogen-bond acceptors (Lipinski definition) is 4. The molecule has 0 radical (unpaired) electrons. The van der Waals surface area contributed by atoms with Crippen molar-refractivity contribution < 1.29 is 19.1 Å². The number of carbonyl (C=O) groups is 2. The number of nitrogens with zero attached hydrogens (tertiary/aromatic N) is 1. The second kappa shape index (κ2) is 4.55. The van der Waals surface area contributed by atoms with E-state index in [1.54, 1.807) is 26.8 Å². The zero-order valence-electron chi connectivity index (χ0n) is 9.86. The van der Waals surface area contributed by atoms with Crippen LogP contribution in [0.15, 0.2) is 12.7 Å². The lowest BCUT2D eigenvalue weighted by molar-refractivity contribution is 0.0293. The van der Waals surface area contributed by atoms with Gasteiger partial charge in [-0.05, 0) is 27.2 Å². The highest BCUT2D eigenvalue weighted by atomic mass is 16.6. The lowest BCUT2D eigenvalue weighted by atomic mass is 10.2. The summed E-state index contributed by atoms with van der Waals surface area (Å²) in [6.07, 6.45) is 0.831. The minimum atomic E-state index is -0.665. The zero-order chi connectivity index (χ0) is 12.3. The van der Waals surface area contributed by atoms with Gasteiger partial charge >= 0.3 is 12.2 Å². The molecule has 1 saturated heterocycles. The molecule has 0 aromatic carbocycles. The van der Waals surface area contributed by atoms with Crippen molar-refractivity contribution in [1.29, 1.82) is 0 Å². The van der Waals surface area contributed by atoms with Crippen molar-refractivity contribution >= 4 is 12.2 Å². The van der Waals surface area contributed by atoms with E-state index in [1.165, 1.54) is 0 Å². The summed E-state index contributed by atoms with van der Waals surface area (Å²) in [4.78, 5) is 24.1. The molecule has 0 aromatic rings. The van der Waals surface area contributed by atoms with Gasteiger partial charge in [-0.2, -0.15) is 0 Å². The summed E-state index contributed by atoms with van der Waals surface area (Å²) < 4.78 is 9.93. The normalized spacial score (nSPS) is 20.6. The SMILES string of the molecule is C=CC[C@@H]1COC(=O)N1C(=O)OC(C)(C)C. The Bertz CT molecular complexity index is 306. The molecule has 5 nitrogen and oxygen atoms in total. The van der Waals surface area contributed by atoms with E-state index in [-0.39, 0.29) is 12.6 Å². The summed E-state index contributed by atoms with van der Waals surface area (Å²) >= 11 is 0. The number of rotatable bonds is 2. The van der Waals surface area contributed by atoms with Gasteiger partial charge in [-0.25, -0.2) is 14.5 Å². The van der Waals surface area contributed by atoms with E-state index in [0.29, 0.717) is 6.42 Å². The molecule has 1 fully saturated rings. The molecule has 1 aliphatic rings. The van der Waals surface area contributed by atoms with Crippen LogP contribution < -0.4 is 0 Å². The fourth-order valence-electron chi connectivity index (χ4n) is 1.36. The highest BCUT2D eigenvalue weighted by Crippen LogP contribution is 2.19. The Hall–Kier alpha value is -1.52. The van der Waals surface area contributed by atoms with Crippen LogP contribution in [0, 0.1) is 0 Å². The molecule has 0 aliphatic carbocycles. The lowest BCUT2D eigenvalue weighted by Gasteiger charge is -2.24. The summed E-state index contributed by atoms with van der Waals surface area (Å²) in [5.74, 6) is 0. The number of carbonyl (C=O) groups excluding carboxylic acids is 2. The first-order valence-corrected chi connectivity index (χ1v) is 5.15. The van der Waals surface area contributed by atoms with Gasteiger partial charge in [0.25, 0.3) is 0 Å². The third kappa shape index (κ3) is 2.98. The first-order chi connectivity index (χ1) is 7.35. The average Bonchev–Trinajstić information content (AvgIpc) is 2.44. The number of cyclic esters (lactones) is 1. The Labute approximate surface area is 95.0 Å². The number of amides is 2. The van der Waals surface area contributed by atoms with Gasteiger partial charge in [-0.3, -0.25) is 0 Å². The Balaban J connectivity index is 2.71. The Kier molecular flexibility index (Phi) is 3.57. The number of hydrogen-bond donors (Lipinski definition) is 0. The van der Waals surface area contributed by atoms with Crippen molar-refractivity contribution in [2.24, 2.45) is 0 Å². The Morgan fingerprint density at radius 2 is 2.31 bits per heavy atom. The number of imide groups is 1. The van der Waals surface area contributed by atoms with Crippen LogP contribution in [0.2, 0.25) is 0 Å². The standard InChI is InChI=1S/C11H17NO4/c1-5-6-8-7-15-9(13)12(8)10(14)16-11(2,3)4/h5,8H,1,6-7H2,2-4H3/t8-/m1/s1. The predicted molar refractivity (Wildman–Crippen MR) is 58.0 cm³/mol. The van der Waals surface area contributed by atoms with E-state index < -0.39 is 17.8 Å². The maximum Gasteiger partial charge on any atom is 0.420 e. The van der Waals surface area contributed by atoms with E-state index in [1.807, 2.05) is 0 Å². The molecular formula is C11H17NO4. The molecule has 1 aliphatic heterocycles. The largest absolute Gasteiger partial charge is 0.447 e. The van der Waals surface area contributed by atoms with Gasteiger partial charge in [0.2, 0.25) is 0 Å². The molecule has 5 heteroatoms. The van der Waals surface area contributed by atoms with E-state index in [4.69, 9.17) is 9.47 Å². The Morgan fingerprint density at radius 3 is 2.81 bits per heavy atom. The van der Waals surface area contributed by atoms with Crippen LogP contribution in [0.1, 0.15) is 27.2 Å². The summed E-state index contributed by atoms with van der Waals surface area (Å²) in [5.41, 5.74) is -0.626. The van der Waals surface area contributed by atoms with Crippen molar-refractivity contribution in [2.45, 2.75) is 38.8 Å². The van der Waals surface area contributed by atoms with Crippen molar-refractivity contribution in [1.82, 2.24) is 4.90 Å². The molecule has 1 rings (SSSR count). The second-order valence-electron chi connectivity index (χ2n) is 4.61. The highest BCUT2D eigenvalue weighted by Gasteiger charge is 2.39. The van der Waals surface area contributed by atoms with Gasteiger partial charge in [0.1, 0.15) is 12.2 Å². The van der Waals surface area contributed by atoms with Crippen LogP contribution in [0.25, 0.3) is 0 Å². The van der Waals surface area contributed by atoms with Gasteiger partial charge in [0.15, 0.2) is 0 Å². The van der Waals surface area contributed by atoms with Crippen molar-refractivity contribution in [3.8, 4) is 0 Å². The van der Waals surface area contributed by atoms with Crippen LogP contribution in [0.5, 0.6) is 0 Å². The molecule has 0 aromatic heterocycles. The van der Waals surface area contributed by atoms with Gasteiger partial charge in [0, 0.05) is 0 Å². The predicted octanol–water partition coefficient (Wildman–Crippen LogP) is 2.32. The minimum absolute atomic E-state index is 0.199. The van der Waals surface area contributed by atoms with Gasteiger partial charge < -0.3 is 9.47 Å². The van der Waals surface area contributed by atoms with E-state index >= 15 is 0 Å².